The van der Waals surface area contributed by atoms with Crippen LogP contribution in [-0.2, 0) is 0 Å². The normalized spacial score (nSPS) is 10.9. The molecule has 0 saturated carbocycles. The van der Waals surface area contributed by atoms with Crippen molar-refractivity contribution in [3.8, 4) is 5.69 Å². The topological polar surface area (TPSA) is 46.8 Å². The first-order chi connectivity index (χ1) is 7.77. The van der Waals surface area contributed by atoms with E-state index in [1.165, 1.54) is 0 Å². The average molecular weight is 215 g/mol. The van der Waals surface area contributed by atoms with E-state index < -0.39 is 0 Å². The van der Waals surface area contributed by atoms with E-state index in [2.05, 4.69) is 15.5 Å². The van der Waals surface area contributed by atoms with E-state index in [1.54, 1.807) is 4.68 Å². The Morgan fingerprint density at radius 2 is 1.94 bits per heavy atom. The van der Waals surface area contributed by atoms with Crippen LogP contribution in [0.5, 0.6) is 0 Å². The minimum Gasteiger partial charge on any atom is -0.383 e. The highest BCUT2D eigenvalue weighted by Crippen LogP contribution is 2.07. The maximum Gasteiger partial charge on any atom is 0.181 e. The van der Waals surface area contributed by atoms with E-state index in [9.17, 15) is 0 Å². The summed E-state index contributed by atoms with van der Waals surface area (Å²) in [6.45, 7) is 0. The summed E-state index contributed by atoms with van der Waals surface area (Å²) in [5.74, 6) is 0.708. The largest absolute Gasteiger partial charge is 0.383 e. The van der Waals surface area contributed by atoms with Gasteiger partial charge in [0.25, 0.3) is 0 Å². The van der Waals surface area contributed by atoms with Crippen molar-refractivity contribution in [2.24, 2.45) is 0 Å². The van der Waals surface area contributed by atoms with Gasteiger partial charge >= 0.3 is 0 Å². The second kappa shape index (κ2) is 4.57. The van der Waals surface area contributed by atoms with Crippen LogP contribution in [0, 0.1) is 0 Å². The summed E-state index contributed by atoms with van der Waals surface area (Å²) in [7, 11) is 3.90. The van der Waals surface area contributed by atoms with Crippen molar-refractivity contribution < 1.29 is 0 Å². The zero-order valence-electron chi connectivity index (χ0n) is 9.28. The van der Waals surface area contributed by atoms with Gasteiger partial charge in [-0.2, -0.15) is 4.68 Å². The zero-order valence-corrected chi connectivity index (χ0v) is 9.28. The van der Waals surface area contributed by atoms with Gasteiger partial charge < -0.3 is 4.90 Å². The van der Waals surface area contributed by atoms with Crippen LogP contribution in [0.1, 0.15) is 5.82 Å². The molecule has 0 aliphatic heterocycles. The van der Waals surface area contributed by atoms with Crippen LogP contribution in [0.4, 0.5) is 0 Å². The van der Waals surface area contributed by atoms with E-state index in [-0.39, 0.29) is 0 Å². The molecule has 2 aromatic rings. The predicted molar refractivity (Wildman–Crippen MR) is 61.9 cm³/mol. The fourth-order valence-electron chi connectivity index (χ4n) is 1.27. The maximum absolute atomic E-state index is 3.95. The third kappa shape index (κ3) is 2.25. The van der Waals surface area contributed by atoms with Crippen LogP contribution < -0.4 is 0 Å². The predicted octanol–water partition coefficient (Wildman–Crippen LogP) is 1.19. The lowest BCUT2D eigenvalue weighted by Gasteiger charge is -2.03. The van der Waals surface area contributed by atoms with Crippen molar-refractivity contribution in [2.75, 3.05) is 14.1 Å². The first-order valence-electron chi connectivity index (χ1n) is 4.96. The van der Waals surface area contributed by atoms with E-state index >= 15 is 0 Å². The number of benzene rings is 1. The minimum atomic E-state index is 0.708. The lowest BCUT2D eigenvalue weighted by molar-refractivity contribution is 0.567. The van der Waals surface area contributed by atoms with Gasteiger partial charge in [-0.15, -0.1) is 5.10 Å². The molecule has 5 heteroatoms. The van der Waals surface area contributed by atoms with E-state index in [0.29, 0.717) is 5.82 Å². The quantitative estimate of drug-likeness (QED) is 0.771. The van der Waals surface area contributed by atoms with Gasteiger partial charge in [0.15, 0.2) is 5.82 Å². The SMILES string of the molecule is CN(C)/C=C/c1nnnn1-c1ccccc1. The molecule has 0 bridgehead atoms. The highest BCUT2D eigenvalue weighted by Gasteiger charge is 2.03. The molecule has 1 aromatic heterocycles. The van der Waals surface area contributed by atoms with Gasteiger partial charge in [0, 0.05) is 26.4 Å². The number of aromatic nitrogens is 4. The van der Waals surface area contributed by atoms with Crippen molar-refractivity contribution in [3.63, 3.8) is 0 Å². The minimum absolute atomic E-state index is 0.708. The molecule has 16 heavy (non-hydrogen) atoms. The van der Waals surface area contributed by atoms with Gasteiger partial charge in [-0.3, -0.25) is 0 Å². The summed E-state index contributed by atoms with van der Waals surface area (Å²) in [5.41, 5.74) is 0.950. The number of para-hydroxylation sites is 1. The molecule has 0 amide bonds. The van der Waals surface area contributed by atoms with Crippen molar-refractivity contribution in [2.45, 2.75) is 0 Å². The summed E-state index contributed by atoms with van der Waals surface area (Å²) >= 11 is 0. The lowest BCUT2D eigenvalue weighted by Crippen LogP contribution is -2.02. The molecule has 0 aliphatic carbocycles. The number of tetrazole rings is 1. The molecule has 0 aliphatic rings. The fourth-order valence-corrected chi connectivity index (χ4v) is 1.27. The molecule has 1 aromatic carbocycles. The number of nitrogens with zero attached hydrogens (tertiary/aromatic N) is 5. The van der Waals surface area contributed by atoms with Crippen LogP contribution in [0.25, 0.3) is 11.8 Å². The van der Waals surface area contributed by atoms with Gasteiger partial charge in [-0.1, -0.05) is 18.2 Å². The lowest BCUT2D eigenvalue weighted by atomic mass is 10.3. The van der Waals surface area contributed by atoms with Crippen molar-refractivity contribution in [1.29, 1.82) is 0 Å². The smallest absolute Gasteiger partial charge is 0.181 e. The first kappa shape index (κ1) is 10.4. The Balaban J connectivity index is 2.33. The summed E-state index contributed by atoms with van der Waals surface area (Å²) in [6, 6.07) is 9.79. The molecule has 0 fully saturated rings. The highest BCUT2D eigenvalue weighted by molar-refractivity contribution is 5.43. The molecule has 82 valence electrons. The Labute approximate surface area is 94.0 Å². The Kier molecular flexibility index (Phi) is 2.95. The molecular weight excluding hydrogens is 202 g/mol. The molecule has 0 saturated heterocycles. The van der Waals surface area contributed by atoms with E-state index in [1.807, 2.05) is 61.6 Å². The van der Waals surface area contributed by atoms with Gasteiger partial charge in [-0.25, -0.2) is 0 Å². The third-order valence-electron chi connectivity index (χ3n) is 2.02. The standard InChI is InChI=1S/C11H13N5/c1-15(2)9-8-11-12-13-14-16(11)10-6-4-3-5-7-10/h3-9H,1-2H3/b9-8+. The molecule has 2 rings (SSSR count). The van der Waals surface area contributed by atoms with Gasteiger partial charge in [0.1, 0.15) is 0 Å². The number of rotatable bonds is 3. The summed E-state index contributed by atoms with van der Waals surface area (Å²) in [5, 5.41) is 11.6. The Hall–Kier alpha value is -2.17. The monoisotopic (exact) mass is 215 g/mol. The molecule has 0 spiro atoms. The van der Waals surface area contributed by atoms with Crippen LogP contribution in [-0.4, -0.2) is 39.2 Å². The van der Waals surface area contributed by atoms with Crippen LogP contribution in [0.3, 0.4) is 0 Å². The molecule has 1 heterocycles. The average Bonchev–Trinajstić information content (AvgIpc) is 2.75. The van der Waals surface area contributed by atoms with Crippen molar-refractivity contribution in [1.82, 2.24) is 25.1 Å². The molecule has 0 unspecified atom stereocenters. The van der Waals surface area contributed by atoms with Crippen LogP contribution in [0.15, 0.2) is 36.5 Å². The number of hydrogen-bond donors (Lipinski definition) is 0. The molecule has 0 radical (unpaired) electrons. The van der Waals surface area contributed by atoms with Gasteiger partial charge in [0.2, 0.25) is 0 Å². The molecule has 5 nitrogen and oxygen atoms in total. The number of hydrogen-bond acceptors (Lipinski definition) is 4. The summed E-state index contributed by atoms with van der Waals surface area (Å²) in [6.07, 6.45) is 3.78. The first-order valence-corrected chi connectivity index (χ1v) is 4.96. The van der Waals surface area contributed by atoms with E-state index in [4.69, 9.17) is 0 Å². The summed E-state index contributed by atoms with van der Waals surface area (Å²) in [4.78, 5) is 1.93. The van der Waals surface area contributed by atoms with Crippen LogP contribution in [0.2, 0.25) is 0 Å². The fraction of sp³-hybridized carbons (Fsp3) is 0.182. The molecular formula is C11H13N5. The van der Waals surface area contributed by atoms with Gasteiger partial charge in [0.05, 0.1) is 5.69 Å². The Bertz CT molecular complexity index is 472. The molecule has 0 atom stereocenters. The zero-order chi connectivity index (χ0) is 11.4. The Morgan fingerprint density at radius 3 is 2.62 bits per heavy atom. The Morgan fingerprint density at radius 1 is 1.19 bits per heavy atom. The third-order valence-corrected chi connectivity index (χ3v) is 2.02. The van der Waals surface area contributed by atoms with Crippen LogP contribution >= 0.6 is 0 Å². The molecule has 0 N–H and O–H groups in total. The van der Waals surface area contributed by atoms with Gasteiger partial charge in [-0.05, 0) is 22.6 Å². The maximum atomic E-state index is 3.95. The van der Waals surface area contributed by atoms with E-state index in [0.717, 1.165) is 5.69 Å². The summed E-state index contributed by atoms with van der Waals surface area (Å²) < 4.78 is 1.69. The second-order valence-corrected chi connectivity index (χ2v) is 3.56. The van der Waals surface area contributed by atoms with Crippen molar-refractivity contribution in [3.05, 3.63) is 42.4 Å². The van der Waals surface area contributed by atoms with Crippen molar-refractivity contribution >= 4 is 6.08 Å². The second-order valence-electron chi connectivity index (χ2n) is 3.56. The highest BCUT2D eigenvalue weighted by atomic mass is 15.5.